The first-order chi connectivity index (χ1) is 8.29. The second kappa shape index (κ2) is 5.25. The molecule has 5 nitrogen and oxygen atoms in total. The van der Waals surface area contributed by atoms with Crippen molar-refractivity contribution in [2.24, 2.45) is 0 Å². The molecule has 2 heterocycles. The number of pyridine rings is 1. The van der Waals surface area contributed by atoms with Gasteiger partial charge in [0.2, 0.25) is 5.95 Å². The van der Waals surface area contributed by atoms with Crippen molar-refractivity contribution < 1.29 is 0 Å². The number of nitrogens with zero attached hydrogens (tertiary/aromatic N) is 4. The summed E-state index contributed by atoms with van der Waals surface area (Å²) < 4.78 is 0. The van der Waals surface area contributed by atoms with Gasteiger partial charge in [-0.2, -0.15) is 4.98 Å². The third-order valence-corrected chi connectivity index (χ3v) is 2.42. The van der Waals surface area contributed by atoms with Crippen molar-refractivity contribution in [1.82, 2.24) is 15.0 Å². The summed E-state index contributed by atoms with van der Waals surface area (Å²) in [6, 6.07) is 5.88. The fourth-order valence-corrected chi connectivity index (χ4v) is 1.53. The van der Waals surface area contributed by atoms with Crippen molar-refractivity contribution in [2.45, 2.75) is 6.54 Å². The molecule has 0 atom stereocenters. The van der Waals surface area contributed by atoms with Crippen LogP contribution in [0.2, 0.25) is 0 Å². The number of aromatic nitrogens is 3. The second-order valence-corrected chi connectivity index (χ2v) is 3.70. The highest BCUT2D eigenvalue weighted by atomic mass is 15.2. The largest absolute Gasteiger partial charge is 0.357 e. The van der Waals surface area contributed by atoms with Crippen molar-refractivity contribution in [3.63, 3.8) is 0 Å². The van der Waals surface area contributed by atoms with E-state index in [1.165, 1.54) is 5.56 Å². The van der Waals surface area contributed by atoms with E-state index in [0.29, 0.717) is 5.95 Å². The smallest absolute Gasteiger partial charge is 0.224 e. The van der Waals surface area contributed by atoms with Crippen LogP contribution in [-0.4, -0.2) is 29.0 Å². The van der Waals surface area contributed by atoms with Gasteiger partial charge in [0.25, 0.3) is 0 Å². The Balaban J connectivity index is 2.11. The predicted molar refractivity (Wildman–Crippen MR) is 67.9 cm³/mol. The minimum atomic E-state index is 0.629. The maximum atomic E-state index is 4.38. The van der Waals surface area contributed by atoms with Crippen LogP contribution < -0.4 is 10.2 Å². The molecule has 0 amide bonds. The Hall–Kier alpha value is -2.17. The van der Waals surface area contributed by atoms with Gasteiger partial charge in [0.05, 0.1) is 0 Å². The van der Waals surface area contributed by atoms with E-state index in [4.69, 9.17) is 0 Å². The van der Waals surface area contributed by atoms with Crippen molar-refractivity contribution in [2.75, 3.05) is 24.3 Å². The summed E-state index contributed by atoms with van der Waals surface area (Å²) in [4.78, 5) is 14.5. The van der Waals surface area contributed by atoms with Crippen LogP contribution in [0.3, 0.4) is 0 Å². The van der Waals surface area contributed by atoms with Gasteiger partial charge < -0.3 is 10.2 Å². The Morgan fingerprint density at radius 1 is 1.18 bits per heavy atom. The van der Waals surface area contributed by atoms with E-state index in [1.54, 1.807) is 18.6 Å². The molecule has 0 saturated carbocycles. The molecule has 0 aliphatic carbocycles. The van der Waals surface area contributed by atoms with Crippen LogP contribution in [-0.2, 0) is 6.54 Å². The maximum absolute atomic E-state index is 4.38. The van der Waals surface area contributed by atoms with Crippen LogP contribution in [0.15, 0.2) is 36.8 Å². The summed E-state index contributed by atoms with van der Waals surface area (Å²) in [5.41, 5.74) is 1.20. The molecule has 0 fully saturated rings. The van der Waals surface area contributed by atoms with Crippen molar-refractivity contribution in [1.29, 1.82) is 0 Å². The van der Waals surface area contributed by atoms with Gasteiger partial charge >= 0.3 is 0 Å². The molecule has 0 unspecified atom stereocenters. The van der Waals surface area contributed by atoms with Crippen molar-refractivity contribution in [3.05, 3.63) is 42.4 Å². The van der Waals surface area contributed by atoms with Crippen LogP contribution in [0.4, 0.5) is 11.8 Å². The lowest BCUT2D eigenvalue weighted by atomic mass is 10.2. The van der Waals surface area contributed by atoms with E-state index < -0.39 is 0 Å². The number of hydrogen-bond donors (Lipinski definition) is 1. The molecule has 0 saturated heterocycles. The molecular weight excluding hydrogens is 214 g/mol. The molecule has 88 valence electrons. The zero-order chi connectivity index (χ0) is 12.1. The molecule has 17 heavy (non-hydrogen) atoms. The molecule has 1 N–H and O–H groups in total. The topological polar surface area (TPSA) is 53.9 Å². The quantitative estimate of drug-likeness (QED) is 0.862. The summed E-state index contributed by atoms with van der Waals surface area (Å²) in [5.74, 6) is 1.52. The first-order valence-corrected chi connectivity index (χ1v) is 5.40. The standard InChI is InChI=1S/C12H15N5/c1-13-12-15-8-5-11(16-12)17(2)9-10-3-6-14-7-4-10/h3-8H,9H2,1-2H3,(H,13,15,16). The lowest BCUT2D eigenvalue weighted by Crippen LogP contribution is -2.18. The molecule has 2 aromatic heterocycles. The van der Waals surface area contributed by atoms with E-state index in [0.717, 1.165) is 12.4 Å². The van der Waals surface area contributed by atoms with Crippen LogP contribution in [0.5, 0.6) is 0 Å². The van der Waals surface area contributed by atoms with Gasteiger partial charge in [-0.05, 0) is 23.8 Å². The van der Waals surface area contributed by atoms with Gasteiger partial charge in [-0.15, -0.1) is 0 Å². The molecule has 0 aromatic carbocycles. The summed E-state index contributed by atoms with van der Waals surface area (Å²) >= 11 is 0. The average molecular weight is 229 g/mol. The van der Waals surface area contributed by atoms with Crippen LogP contribution in [0.1, 0.15) is 5.56 Å². The number of rotatable bonds is 4. The normalized spacial score (nSPS) is 10.0. The van der Waals surface area contributed by atoms with E-state index in [-0.39, 0.29) is 0 Å². The molecular formula is C12H15N5. The molecule has 0 aliphatic rings. The average Bonchev–Trinajstić information content (AvgIpc) is 2.40. The molecule has 2 rings (SSSR count). The van der Waals surface area contributed by atoms with E-state index in [2.05, 4.69) is 25.2 Å². The van der Waals surface area contributed by atoms with Crippen LogP contribution in [0, 0.1) is 0 Å². The Bertz CT molecular complexity index is 471. The Morgan fingerprint density at radius 2 is 1.94 bits per heavy atom. The van der Waals surface area contributed by atoms with E-state index in [9.17, 15) is 0 Å². The second-order valence-electron chi connectivity index (χ2n) is 3.70. The van der Waals surface area contributed by atoms with Crippen LogP contribution in [0.25, 0.3) is 0 Å². The van der Waals surface area contributed by atoms with Crippen LogP contribution >= 0.6 is 0 Å². The third kappa shape index (κ3) is 2.90. The van der Waals surface area contributed by atoms with Crippen molar-refractivity contribution >= 4 is 11.8 Å². The van der Waals surface area contributed by atoms with Gasteiger partial charge in [0, 0.05) is 39.2 Å². The monoisotopic (exact) mass is 229 g/mol. The Kier molecular flexibility index (Phi) is 3.49. The lowest BCUT2D eigenvalue weighted by Gasteiger charge is -2.18. The molecule has 0 bridgehead atoms. The summed E-state index contributed by atoms with van der Waals surface area (Å²) in [5, 5.41) is 2.93. The number of anilines is 2. The summed E-state index contributed by atoms with van der Waals surface area (Å²) in [6.45, 7) is 0.794. The van der Waals surface area contributed by atoms with E-state index >= 15 is 0 Å². The minimum absolute atomic E-state index is 0.629. The predicted octanol–water partition coefficient (Wildman–Crippen LogP) is 1.55. The maximum Gasteiger partial charge on any atom is 0.224 e. The molecule has 0 aliphatic heterocycles. The lowest BCUT2D eigenvalue weighted by molar-refractivity contribution is 0.889. The highest BCUT2D eigenvalue weighted by Crippen LogP contribution is 2.12. The first-order valence-electron chi connectivity index (χ1n) is 5.40. The highest BCUT2D eigenvalue weighted by molar-refractivity contribution is 5.42. The number of nitrogens with one attached hydrogen (secondary N) is 1. The Morgan fingerprint density at radius 3 is 2.65 bits per heavy atom. The SMILES string of the molecule is CNc1nccc(N(C)Cc2ccncc2)n1. The third-order valence-electron chi connectivity index (χ3n) is 2.42. The minimum Gasteiger partial charge on any atom is -0.357 e. The van der Waals surface area contributed by atoms with Crippen molar-refractivity contribution in [3.8, 4) is 0 Å². The number of hydrogen-bond acceptors (Lipinski definition) is 5. The molecule has 2 aromatic rings. The highest BCUT2D eigenvalue weighted by Gasteiger charge is 2.04. The fraction of sp³-hybridized carbons (Fsp3) is 0.250. The fourth-order valence-electron chi connectivity index (χ4n) is 1.53. The molecule has 0 spiro atoms. The van der Waals surface area contributed by atoms with Gasteiger partial charge in [-0.3, -0.25) is 4.98 Å². The van der Waals surface area contributed by atoms with Gasteiger partial charge in [-0.25, -0.2) is 4.98 Å². The van der Waals surface area contributed by atoms with Gasteiger partial charge in [0.1, 0.15) is 5.82 Å². The van der Waals surface area contributed by atoms with Gasteiger partial charge in [-0.1, -0.05) is 0 Å². The Labute approximate surface area is 101 Å². The summed E-state index contributed by atoms with van der Waals surface area (Å²) in [7, 11) is 3.81. The molecule has 5 heteroatoms. The van der Waals surface area contributed by atoms with Gasteiger partial charge in [0.15, 0.2) is 0 Å². The zero-order valence-corrected chi connectivity index (χ0v) is 9.96. The molecule has 0 radical (unpaired) electrons. The zero-order valence-electron chi connectivity index (χ0n) is 9.96. The van der Waals surface area contributed by atoms with E-state index in [1.807, 2.05) is 32.3 Å². The summed E-state index contributed by atoms with van der Waals surface area (Å²) in [6.07, 6.45) is 5.33. The first kappa shape index (κ1) is 11.3.